The standard InChI is InChI=1S/C11H10FNO5/c1-7(11(14)15)4-5-18-10-6-8(12)2-3-9(10)13(16)17/h2-4,6H,5H2,1H3,(H,14,15). The molecule has 96 valence electrons. The normalized spacial score (nSPS) is 11.1. The molecule has 0 bridgehead atoms. The predicted molar refractivity (Wildman–Crippen MR) is 59.9 cm³/mol. The van der Waals surface area contributed by atoms with Gasteiger partial charge >= 0.3 is 11.7 Å². The van der Waals surface area contributed by atoms with Gasteiger partial charge in [0.15, 0.2) is 5.75 Å². The Balaban J connectivity index is 2.84. The first-order valence-corrected chi connectivity index (χ1v) is 4.88. The number of benzene rings is 1. The minimum atomic E-state index is -1.12. The molecule has 0 heterocycles. The number of nitro benzene ring substituents is 1. The molecule has 0 saturated heterocycles. The van der Waals surface area contributed by atoms with Gasteiger partial charge in [0.25, 0.3) is 0 Å². The number of aliphatic carboxylic acids is 1. The van der Waals surface area contributed by atoms with Gasteiger partial charge in [-0.2, -0.15) is 0 Å². The molecule has 0 radical (unpaired) electrons. The summed E-state index contributed by atoms with van der Waals surface area (Å²) in [7, 11) is 0. The van der Waals surface area contributed by atoms with E-state index in [1.165, 1.54) is 13.0 Å². The van der Waals surface area contributed by atoms with Crippen molar-refractivity contribution in [1.29, 1.82) is 0 Å². The Kier molecular flexibility index (Phi) is 4.36. The van der Waals surface area contributed by atoms with Crippen LogP contribution in [0, 0.1) is 15.9 Å². The van der Waals surface area contributed by atoms with Crippen molar-refractivity contribution in [3.8, 4) is 5.75 Å². The largest absolute Gasteiger partial charge is 0.482 e. The molecule has 6 nitrogen and oxygen atoms in total. The molecule has 0 aliphatic rings. The molecule has 1 aromatic rings. The van der Waals surface area contributed by atoms with Crippen LogP contribution in [-0.2, 0) is 4.79 Å². The second-order valence-electron chi connectivity index (χ2n) is 3.37. The number of nitro groups is 1. The molecular formula is C11H10FNO5. The van der Waals surface area contributed by atoms with Crippen LogP contribution in [-0.4, -0.2) is 22.6 Å². The van der Waals surface area contributed by atoms with Gasteiger partial charge in [-0.15, -0.1) is 0 Å². The van der Waals surface area contributed by atoms with Crippen molar-refractivity contribution in [3.05, 3.63) is 45.8 Å². The fourth-order valence-electron chi connectivity index (χ4n) is 1.10. The summed E-state index contributed by atoms with van der Waals surface area (Å²) < 4.78 is 17.9. The van der Waals surface area contributed by atoms with Crippen LogP contribution in [0.1, 0.15) is 6.92 Å². The second-order valence-corrected chi connectivity index (χ2v) is 3.37. The van der Waals surface area contributed by atoms with Crippen LogP contribution in [0.5, 0.6) is 5.75 Å². The van der Waals surface area contributed by atoms with Crippen LogP contribution in [0.25, 0.3) is 0 Å². The van der Waals surface area contributed by atoms with Gasteiger partial charge in [0.2, 0.25) is 0 Å². The number of hydrogen-bond donors (Lipinski definition) is 1. The van der Waals surface area contributed by atoms with Gasteiger partial charge in [0.1, 0.15) is 12.4 Å². The zero-order valence-corrected chi connectivity index (χ0v) is 9.42. The van der Waals surface area contributed by atoms with E-state index in [-0.39, 0.29) is 23.6 Å². The Hall–Kier alpha value is -2.44. The number of rotatable bonds is 5. The van der Waals surface area contributed by atoms with E-state index in [0.29, 0.717) is 0 Å². The summed E-state index contributed by atoms with van der Waals surface area (Å²) >= 11 is 0. The molecule has 7 heteroatoms. The molecule has 0 atom stereocenters. The third-order valence-corrected chi connectivity index (χ3v) is 2.08. The van der Waals surface area contributed by atoms with Crippen LogP contribution >= 0.6 is 0 Å². The molecule has 18 heavy (non-hydrogen) atoms. The topological polar surface area (TPSA) is 89.7 Å². The molecule has 1 aromatic carbocycles. The lowest BCUT2D eigenvalue weighted by Gasteiger charge is -2.04. The van der Waals surface area contributed by atoms with Gasteiger partial charge in [-0.25, -0.2) is 9.18 Å². The second kappa shape index (κ2) is 5.76. The Bertz CT molecular complexity index is 512. The minimum Gasteiger partial charge on any atom is -0.482 e. The first kappa shape index (κ1) is 13.6. The first-order chi connectivity index (χ1) is 8.41. The highest BCUT2D eigenvalue weighted by molar-refractivity contribution is 5.85. The van der Waals surface area contributed by atoms with Gasteiger partial charge in [-0.1, -0.05) is 0 Å². The van der Waals surface area contributed by atoms with Crippen molar-refractivity contribution in [2.45, 2.75) is 6.92 Å². The van der Waals surface area contributed by atoms with Crippen molar-refractivity contribution < 1.29 is 24.0 Å². The van der Waals surface area contributed by atoms with E-state index in [0.717, 1.165) is 18.2 Å². The van der Waals surface area contributed by atoms with Gasteiger partial charge in [-0.05, 0) is 19.1 Å². The molecule has 0 unspecified atom stereocenters. The predicted octanol–water partition coefficient (Wildman–Crippen LogP) is 2.14. The fraction of sp³-hybridized carbons (Fsp3) is 0.182. The monoisotopic (exact) mass is 255 g/mol. The van der Waals surface area contributed by atoms with Gasteiger partial charge < -0.3 is 9.84 Å². The van der Waals surface area contributed by atoms with Gasteiger partial charge in [0.05, 0.1) is 4.92 Å². The highest BCUT2D eigenvalue weighted by Crippen LogP contribution is 2.27. The summed E-state index contributed by atoms with van der Waals surface area (Å²) in [4.78, 5) is 20.4. The summed E-state index contributed by atoms with van der Waals surface area (Å²) in [6.07, 6.45) is 1.23. The molecule has 0 aliphatic carbocycles. The first-order valence-electron chi connectivity index (χ1n) is 4.88. The number of halogens is 1. The molecule has 0 aromatic heterocycles. The Morgan fingerprint density at radius 1 is 1.61 bits per heavy atom. The molecule has 0 spiro atoms. The van der Waals surface area contributed by atoms with Crippen LogP contribution in [0.2, 0.25) is 0 Å². The van der Waals surface area contributed by atoms with Crippen molar-refractivity contribution >= 4 is 11.7 Å². The molecular weight excluding hydrogens is 245 g/mol. The number of hydrogen-bond acceptors (Lipinski definition) is 4. The van der Waals surface area contributed by atoms with E-state index in [1.54, 1.807) is 0 Å². The molecule has 0 fully saturated rings. The third-order valence-electron chi connectivity index (χ3n) is 2.08. The highest BCUT2D eigenvalue weighted by Gasteiger charge is 2.15. The lowest BCUT2D eigenvalue weighted by Crippen LogP contribution is -2.02. The molecule has 0 amide bonds. The quantitative estimate of drug-likeness (QED) is 0.494. The van der Waals surface area contributed by atoms with E-state index in [1.807, 2.05) is 0 Å². The average Bonchev–Trinajstić information content (AvgIpc) is 2.28. The lowest BCUT2D eigenvalue weighted by molar-refractivity contribution is -0.385. The SMILES string of the molecule is CC(=CCOc1cc(F)ccc1[N+](=O)[O-])C(=O)O. The van der Waals surface area contributed by atoms with E-state index < -0.39 is 16.7 Å². The summed E-state index contributed by atoms with van der Waals surface area (Å²) in [5.74, 6) is -2.03. The summed E-state index contributed by atoms with van der Waals surface area (Å²) in [6, 6.07) is 2.81. The molecule has 1 rings (SSSR count). The average molecular weight is 255 g/mol. The van der Waals surface area contributed by atoms with Crippen LogP contribution < -0.4 is 4.74 Å². The summed E-state index contributed by atoms with van der Waals surface area (Å²) in [5.41, 5.74) is -0.341. The van der Waals surface area contributed by atoms with E-state index in [9.17, 15) is 19.3 Å². The minimum absolute atomic E-state index is 0.0362. The van der Waals surface area contributed by atoms with Gasteiger partial charge in [0, 0.05) is 17.7 Å². The van der Waals surface area contributed by atoms with Crippen molar-refractivity contribution in [2.24, 2.45) is 0 Å². The number of nitrogens with zero attached hydrogens (tertiary/aromatic N) is 1. The van der Waals surface area contributed by atoms with Crippen molar-refractivity contribution in [1.82, 2.24) is 0 Å². The number of carboxylic acid groups (broad SMARTS) is 1. The Morgan fingerprint density at radius 2 is 2.28 bits per heavy atom. The van der Waals surface area contributed by atoms with Crippen LogP contribution in [0.3, 0.4) is 0 Å². The van der Waals surface area contributed by atoms with Crippen molar-refractivity contribution in [3.63, 3.8) is 0 Å². The fourth-order valence-corrected chi connectivity index (χ4v) is 1.10. The Morgan fingerprint density at radius 3 is 2.83 bits per heavy atom. The molecule has 0 aliphatic heterocycles. The lowest BCUT2D eigenvalue weighted by atomic mass is 10.3. The van der Waals surface area contributed by atoms with Crippen LogP contribution in [0.4, 0.5) is 10.1 Å². The molecule has 0 saturated carbocycles. The Labute approximate surface area is 101 Å². The maximum Gasteiger partial charge on any atom is 0.331 e. The summed E-state index contributed by atoms with van der Waals surface area (Å²) in [5, 5.41) is 19.2. The van der Waals surface area contributed by atoms with Crippen molar-refractivity contribution in [2.75, 3.05) is 6.61 Å². The summed E-state index contributed by atoms with van der Waals surface area (Å²) in [6.45, 7) is 1.16. The maximum atomic E-state index is 12.9. The smallest absolute Gasteiger partial charge is 0.331 e. The molecule has 1 N–H and O–H groups in total. The zero-order valence-electron chi connectivity index (χ0n) is 9.42. The highest BCUT2D eigenvalue weighted by atomic mass is 19.1. The van der Waals surface area contributed by atoms with E-state index >= 15 is 0 Å². The number of carboxylic acids is 1. The van der Waals surface area contributed by atoms with Gasteiger partial charge in [-0.3, -0.25) is 10.1 Å². The number of carbonyl (C=O) groups is 1. The maximum absolute atomic E-state index is 12.9. The third kappa shape index (κ3) is 3.55. The van der Waals surface area contributed by atoms with Crippen LogP contribution in [0.15, 0.2) is 29.8 Å². The number of ether oxygens (including phenoxy) is 1. The zero-order chi connectivity index (χ0) is 13.7. The van der Waals surface area contributed by atoms with E-state index in [4.69, 9.17) is 9.84 Å². The van der Waals surface area contributed by atoms with E-state index in [2.05, 4.69) is 0 Å².